The van der Waals surface area contributed by atoms with Gasteiger partial charge in [0.25, 0.3) is 5.91 Å². The van der Waals surface area contributed by atoms with Gasteiger partial charge in [-0.15, -0.1) is 0 Å². The maximum absolute atomic E-state index is 13.1. The summed E-state index contributed by atoms with van der Waals surface area (Å²) in [4.78, 5) is 21.9. The average Bonchev–Trinajstić information content (AvgIpc) is 2.24. The highest BCUT2D eigenvalue weighted by atomic mass is 19.1. The summed E-state index contributed by atoms with van der Waals surface area (Å²) in [6.45, 7) is -0.829. The van der Waals surface area contributed by atoms with Crippen molar-refractivity contribution < 1.29 is 28.6 Å². The van der Waals surface area contributed by atoms with E-state index in [-0.39, 0.29) is 0 Å². The van der Waals surface area contributed by atoms with Crippen LogP contribution in [0, 0.1) is 11.6 Å². The monoisotopic (exact) mass is 245 g/mol. The number of aliphatic hydroxyl groups excluding tert-OH is 1. The molecule has 0 aliphatic carbocycles. The van der Waals surface area contributed by atoms with E-state index in [1.165, 1.54) is 0 Å². The molecule has 0 radical (unpaired) electrons. The van der Waals surface area contributed by atoms with Crippen LogP contribution in [-0.2, 0) is 4.79 Å². The lowest BCUT2D eigenvalue weighted by molar-refractivity contribution is -0.140. The van der Waals surface area contributed by atoms with E-state index >= 15 is 0 Å². The molecule has 0 saturated carbocycles. The van der Waals surface area contributed by atoms with E-state index in [0.717, 1.165) is 12.1 Å². The molecule has 1 rings (SSSR count). The van der Waals surface area contributed by atoms with E-state index in [4.69, 9.17) is 10.2 Å². The number of hydrogen-bond donors (Lipinski definition) is 3. The van der Waals surface area contributed by atoms with Gasteiger partial charge in [-0.25, -0.2) is 13.6 Å². The van der Waals surface area contributed by atoms with Crippen molar-refractivity contribution in [3.8, 4) is 0 Å². The molecule has 92 valence electrons. The van der Waals surface area contributed by atoms with Crippen LogP contribution >= 0.6 is 0 Å². The number of halogens is 2. The number of nitrogens with one attached hydrogen (secondary N) is 1. The Bertz CT molecular complexity index is 450. The van der Waals surface area contributed by atoms with E-state index in [9.17, 15) is 18.4 Å². The number of amides is 1. The third-order valence-corrected chi connectivity index (χ3v) is 1.96. The number of rotatable bonds is 4. The quantitative estimate of drug-likeness (QED) is 0.704. The van der Waals surface area contributed by atoms with Crippen LogP contribution in [0.2, 0.25) is 0 Å². The van der Waals surface area contributed by atoms with Gasteiger partial charge in [-0.3, -0.25) is 4.79 Å². The Balaban J connectivity index is 2.86. The topological polar surface area (TPSA) is 86.6 Å². The maximum atomic E-state index is 13.1. The molecule has 0 aliphatic heterocycles. The second kappa shape index (κ2) is 5.35. The molecule has 1 aromatic carbocycles. The molecule has 3 N–H and O–H groups in total. The number of carboxylic acid groups (broad SMARTS) is 1. The van der Waals surface area contributed by atoms with Crippen LogP contribution in [0.3, 0.4) is 0 Å². The molecule has 0 bridgehead atoms. The molecule has 0 spiro atoms. The molecule has 1 atom stereocenters. The smallest absolute Gasteiger partial charge is 0.328 e. The van der Waals surface area contributed by atoms with Crippen molar-refractivity contribution in [3.05, 3.63) is 35.4 Å². The van der Waals surface area contributed by atoms with Crippen molar-refractivity contribution in [1.82, 2.24) is 5.32 Å². The lowest BCUT2D eigenvalue weighted by Gasteiger charge is -2.11. The van der Waals surface area contributed by atoms with Gasteiger partial charge < -0.3 is 15.5 Å². The van der Waals surface area contributed by atoms with Gasteiger partial charge in [0.1, 0.15) is 11.6 Å². The molecule has 0 saturated heterocycles. The molecule has 0 fully saturated rings. The van der Waals surface area contributed by atoms with Crippen molar-refractivity contribution in [3.63, 3.8) is 0 Å². The zero-order valence-corrected chi connectivity index (χ0v) is 8.48. The fourth-order valence-electron chi connectivity index (χ4n) is 1.10. The van der Waals surface area contributed by atoms with Gasteiger partial charge in [-0.05, 0) is 12.1 Å². The number of aliphatic hydroxyl groups is 1. The molecular formula is C10H9F2NO4. The second-order valence-corrected chi connectivity index (χ2v) is 3.17. The Morgan fingerprint density at radius 2 is 2.00 bits per heavy atom. The van der Waals surface area contributed by atoms with Crippen molar-refractivity contribution in [2.24, 2.45) is 0 Å². The third-order valence-electron chi connectivity index (χ3n) is 1.96. The molecule has 0 heterocycles. The molecule has 1 amide bonds. The summed E-state index contributed by atoms with van der Waals surface area (Å²) in [6.07, 6.45) is 0. The molecule has 1 aromatic rings. The summed E-state index contributed by atoms with van der Waals surface area (Å²) in [6, 6.07) is 0.721. The molecule has 0 unspecified atom stereocenters. The first-order chi connectivity index (χ1) is 7.95. The largest absolute Gasteiger partial charge is 0.480 e. The Morgan fingerprint density at radius 3 is 2.47 bits per heavy atom. The predicted molar refractivity (Wildman–Crippen MR) is 52.3 cm³/mol. The SMILES string of the molecule is O=C(N[C@@H](CO)C(=O)O)c1ccc(F)cc1F. The first-order valence-corrected chi connectivity index (χ1v) is 4.55. The Kier molecular flexibility index (Phi) is 4.11. The van der Waals surface area contributed by atoms with Crippen molar-refractivity contribution in [1.29, 1.82) is 0 Å². The number of benzene rings is 1. The van der Waals surface area contributed by atoms with Crippen molar-refractivity contribution in [2.75, 3.05) is 6.61 Å². The van der Waals surface area contributed by atoms with Gasteiger partial charge in [0, 0.05) is 6.07 Å². The molecule has 7 heteroatoms. The van der Waals surface area contributed by atoms with Crippen LogP contribution < -0.4 is 5.32 Å². The summed E-state index contributed by atoms with van der Waals surface area (Å²) in [5, 5.41) is 19.1. The van der Waals surface area contributed by atoms with Crippen LogP contribution in [0.25, 0.3) is 0 Å². The van der Waals surface area contributed by atoms with E-state index in [2.05, 4.69) is 0 Å². The van der Waals surface area contributed by atoms with Gasteiger partial charge in [0.2, 0.25) is 0 Å². The summed E-state index contributed by atoms with van der Waals surface area (Å²) in [5.41, 5.74) is -0.494. The van der Waals surface area contributed by atoms with Gasteiger partial charge >= 0.3 is 5.97 Å². The third kappa shape index (κ3) is 3.22. The minimum Gasteiger partial charge on any atom is -0.480 e. The number of carboxylic acids is 1. The molecule has 5 nitrogen and oxygen atoms in total. The van der Waals surface area contributed by atoms with Crippen LogP contribution in [0.5, 0.6) is 0 Å². The Labute approximate surface area is 94.7 Å². The molecule has 0 aliphatic rings. The van der Waals surface area contributed by atoms with Gasteiger partial charge in [0.05, 0.1) is 12.2 Å². The highest BCUT2D eigenvalue weighted by molar-refractivity contribution is 5.96. The van der Waals surface area contributed by atoms with Crippen LogP contribution in [0.15, 0.2) is 18.2 Å². The maximum Gasteiger partial charge on any atom is 0.328 e. The Morgan fingerprint density at radius 1 is 1.35 bits per heavy atom. The summed E-state index contributed by atoms with van der Waals surface area (Å²) < 4.78 is 25.7. The molecule has 17 heavy (non-hydrogen) atoms. The van der Waals surface area contributed by atoms with Gasteiger partial charge in [0.15, 0.2) is 6.04 Å². The first kappa shape index (κ1) is 13.0. The zero-order valence-electron chi connectivity index (χ0n) is 8.48. The zero-order chi connectivity index (χ0) is 13.0. The summed E-state index contributed by atoms with van der Waals surface area (Å²) in [5.74, 6) is -4.45. The van der Waals surface area contributed by atoms with Gasteiger partial charge in [-0.1, -0.05) is 0 Å². The van der Waals surface area contributed by atoms with E-state index in [1.54, 1.807) is 0 Å². The predicted octanol–water partition coefficient (Wildman–Crippen LogP) is 0.140. The minimum atomic E-state index is -1.54. The van der Waals surface area contributed by atoms with Crippen LogP contribution in [-0.4, -0.2) is 34.7 Å². The molecule has 0 aromatic heterocycles. The highest BCUT2D eigenvalue weighted by Gasteiger charge is 2.21. The van der Waals surface area contributed by atoms with E-state index in [0.29, 0.717) is 6.07 Å². The molecular weight excluding hydrogens is 236 g/mol. The van der Waals surface area contributed by atoms with E-state index < -0.39 is 41.7 Å². The van der Waals surface area contributed by atoms with Crippen molar-refractivity contribution >= 4 is 11.9 Å². The number of hydrogen-bond acceptors (Lipinski definition) is 3. The average molecular weight is 245 g/mol. The van der Waals surface area contributed by atoms with Gasteiger partial charge in [-0.2, -0.15) is 0 Å². The standard InChI is InChI=1S/C10H9F2NO4/c11-5-1-2-6(7(12)3-5)9(15)13-8(4-14)10(16)17/h1-3,8,14H,4H2,(H,13,15)(H,16,17)/t8-/m0/s1. The number of carbonyl (C=O) groups is 2. The second-order valence-electron chi connectivity index (χ2n) is 3.17. The van der Waals surface area contributed by atoms with Crippen molar-refractivity contribution in [2.45, 2.75) is 6.04 Å². The highest BCUT2D eigenvalue weighted by Crippen LogP contribution is 2.09. The summed E-state index contributed by atoms with van der Waals surface area (Å²) in [7, 11) is 0. The Hall–Kier alpha value is -2.02. The lowest BCUT2D eigenvalue weighted by Crippen LogP contribution is -2.43. The fraction of sp³-hybridized carbons (Fsp3) is 0.200. The number of carbonyl (C=O) groups excluding carboxylic acids is 1. The fourth-order valence-corrected chi connectivity index (χ4v) is 1.10. The lowest BCUT2D eigenvalue weighted by atomic mass is 10.2. The first-order valence-electron chi connectivity index (χ1n) is 4.55. The van der Waals surface area contributed by atoms with Crippen LogP contribution in [0.1, 0.15) is 10.4 Å². The van der Waals surface area contributed by atoms with Crippen LogP contribution in [0.4, 0.5) is 8.78 Å². The van der Waals surface area contributed by atoms with E-state index in [1.807, 2.05) is 5.32 Å². The minimum absolute atomic E-state index is 0.494. The normalized spacial score (nSPS) is 11.9. The summed E-state index contributed by atoms with van der Waals surface area (Å²) >= 11 is 0. The number of aliphatic carboxylic acids is 1.